The van der Waals surface area contributed by atoms with E-state index in [1.54, 1.807) is 82.2 Å². The largest absolute Gasteiger partial charge is 0.453 e. The molecule has 4 N–H and O–H groups in total. The number of hydrogen-bond donors (Lipinski definition) is 4. The van der Waals surface area contributed by atoms with Crippen molar-refractivity contribution in [2.75, 3.05) is 87.8 Å². The van der Waals surface area contributed by atoms with Gasteiger partial charge >= 0.3 is 6.09 Å². The third-order valence-electron chi connectivity index (χ3n) is 24.6. The van der Waals surface area contributed by atoms with Crippen LogP contribution in [0, 0.1) is 73.0 Å². The molecule has 0 spiro atoms. The molecule has 12 aromatic rings. The normalized spacial score (nSPS) is 17.4. The second-order valence-corrected chi connectivity index (χ2v) is 33.8. The molecule has 0 saturated carbocycles. The van der Waals surface area contributed by atoms with Crippen molar-refractivity contribution in [3.8, 4) is 45.0 Å². The number of nitrogens with one attached hydrogen (secondary N) is 4. The van der Waals surface area contributed by atoms with Crippen LogP contribution in [0.4, 0.5) is 9.18 Å². The monoisotopic (exact) mass is 1710 g/mol. The van der Waals surface area contributed by atoms with Crippen LogP contribution in [0.3, 0.4) is 0 Å². The van der Waals surface area contributed by atoms with E-state index in [0.29, 0.717) is 104 Å². The quantitative estimate of drug-likeness (QED) is 0.0699. The number of aromatic nitrogens is 8. The zero-order valence-electron chi connectivity index (χ0n) is 75.4. The van der Waals surface area contributed by atoms with Gasteiger partial charge in [0.2, 0.25) is 17.7 Å². The summed E-state index contributed by atoms with van der Waals surface area (Å²) in [5, 5.41) is 10.7. The summed E-state index contributed by atoms with van der Waals surface area (Å²) in [7, 11) is 7.92. The lowest BCUT2D eigenvalue weighted by Gasteiger charge is -2.37. The van der Waals surface area contributed by atoms with E-state index in [2.05, 4.69) is 104 Å². The number of aryl methyl sites for hydroxylation is 8. The Balaban J connectivity index is 0.000000144. The second-order valence-electron chi connectivity index (χ2n) is 33.8. The highest BCUT2D eigenvalue weighted by Gasteiger charge is 2.36. The van der Waals surface area contributed by atoms with Gasteiger partial charge in [-0.15, -0.1) is 0 Å². The first-order valence-electron chi connectivity index (χ1n) is 43.0. The van der Waals surface area contributed by atoms with Gasteiger partial charge in [0, 0.05) is 176 Å². The summed E-state index contributed by atoms with van der Waals surface area (Å²) < 4.78 is 39.6. The SMILES string of the molecule is CNC(=O)c1ccc(-c2nc3cc(C)c(F)cn3c2C[C@H]2CN(C(C)=O)CCO2)c(C)c1.CNC(=O)c1ccc(-c2nc3cc(C)ccn3c2CC2CC(C)N(C(C)=O)C2)c(C)c1.CNC(=O)c1ccc(-c2nc3cc(C)ccn3c2CC2CCN(C(=O)OC)C2)c(C)c1.CNC(=O)c1ccc(-c2nc3cc(C)ccn3c2C[C@H]2CN(C(C)=O)[C@H](C)CO2)c(C)c1. The minimum absolute atomic E-state index is 0.0129. The van der Waals surface area contributed by atoms with Crippen molar-refractivity contribution < 1.29 is 57.0 Å². The maximum atomic E-state index is 14.5. The fourth-order valence-electron chi connectivity index (χ4n) is 17.8. The molecular weight excluding hydrogens is 1600 g/mol. The molecule has 3 unspecified atom stereocenters. The Morgan fingerprint density at radius 3 is 1.18 bits per heavy atom. The first-order valence-corrected chi connectivity index (χ1v) is 43.0. The van der Waals surface area contributed by atoms with Crippen LogP contribution in [0.15, 0.2) is 140 Å². The molecule has 0 radical (unpaired) electrons. The summed E-state index contributed by atoms with van der Waals surface area (Å²) in [6.07, 6.45) is 11.7. The topological polar surface area (TPSA) is 295 Å². The van der Waals surface area contributed by atoms with Crippen molar-refractivity contribution in [2.45, 2.75) is 153 Å². The number of imidazole rings is 4. The van der Waals surface area contributed by atoms with Crippen molar-refractivity contribution in [1.29, 1.82) is 0 Å². The first kappa shape index (κ1) is 90.8. The third kappa shape index (κ3) is 19.9. The lowest BCUT2D eigenvalue weighted by atomic mass is 9.95. The van der Waals surface area contributed by atoms with E-state index in [9.17, 15) is 42.7 Å². The van der Waals surface area contributed by atoms with Gasteiger partial charge in [0.15, 0.2) is 0 Å². The number of likely N-dealkylation sites (tertiary alicyclic amines) is 2. The minimum atomic E-state index is -0.315. The number of carbonyl (C=O) groups excluding carboxylic acids is 8. The predicted octanol–water partition coefficient (Wildman–Crippen LogP) is 13.4. The molecular formula is C98H115FN16O11. The number of methoxy groups -OCH3 is 1. The number of fused-ring (bicyclic) bond motifs is 4. The number of nitrogens with zero attached hydrogens (tertiary/aromatic N) is 12. The average molecular weight is 1710 g/mol. The molecule has 0 bridgehead atoms. The zero-order valence-corrected chi connectivity index (χ0v) is 75.4. The van der Waals surface area contributed by atoms with Crippen LogP contribution in [0.25, 0.3) is 67.6 Å². The summed E-state index contributed by atoms with van der Waals surface area (Å²) in [6.45, 7) is 29.6. The molecule has 16 rings (SSSR count). The number of morpholine rings is 2. The van der Waals surface area contributed by atoms with Crippen LogP contribution in [-0.4, -0.2) is 217 Å². The Kier molecular flexibility index (Phi) is 28.1. The number of carbonyl (C=O) groups is 8. The van der Waals surface area contributed by atoms with E-state index in [1.165, 1.54) is 18.9 Å². The van der Waals surface area contributed by atoms with Gasteiger partial charge in [-0.2, -0.15) is 0 Å². The van der Waals surface area contributed by atoms with Crippen molar-refractivity contribution in [3.63, 3.8) is 0 Å². The van der Waals surface area contributed by atoms with Crippen molar-refractivity contribution >= 4 is 70.0 Å². The van der Waals surface area contributed by atoms with E-state index in [-0.39, 0.29) is 77.6 Å². The number of halogens is 1. The van der Waals surface area contributed by atoms with E-state index >= 15 is 0 Å². The van der Waals surface area contributed by atoms with Gasteiger partial charge in [0.1, 0.15) is 28.4 Å². The molecule has 8 amide bonds. The molecule has 8 aromatic heterocycles. The summed E-state index contributed by atoms with van der Waals surface area (Å²) in [6, 6.07) is 37.2. The van der Waals surface area contributed by atoms with Crippen molar-refractivity contribution in [1.82, 2.24) is 78.4 Å². The number of ether oxygens (including phenoxy) is 3. The van der Waals surface area contributed by atoms with Crippen molar-refractivity contribution in [3.05, 3.63) is 235 Å². The smallest absolute Gasteiger partial charge is 0.409 e. The van der Waals surface area contributed by atoms with Gasteiger partial charge in [-0.25, -0.2) is 29.1 Å². The fourth-order valence-corrected chi connectivity index (χ4v) is 17.8. The molecule has 4 aliphatic rings. The maximum absolute atomic E-state index is 14.5. The van der Waals surface area contributed by atoms with Crippen LogP contribution >= 0.6 is 0 Å². The molecule has 660 valence electrons. The van der Waals surface area contributed by atoms with Gasteiger partial charge in [-0.1, -0.05) is 24.3 Å². The van der Waals surface area contributed by atoms with Gasteiger partial charge in [-0.3, -0.25) is 33.6 Å². The minimum Gasteiger partial charge on any atom is -0.453 e. The Morgan fingerprint density at radius 1 is 0.421 bits per heavy atom. The zero-order chi connectivity index (χ0) is 90.4. The average Bonchev–Trinajstić information content (AvgIpc) is 1.63. The van der Waals surface area contributed by atoms with Crippen LogP contribution < -0.4 is 21.3 Å². The molecule has 4 aliphatic heterocycles. The van der Waals surface area contributed by atoms with E-state index in [0.717, 1.165) is 150 Å². The summed E-state index contributed by atoms with van der Waals surface area (Å²) in [5.41, 5.74) is 25.2. The molecule has 4 saturated heterocycles. The van der Waals surface area contributed by atoms with E-state index < -0.39 is 0 Å². The van der Waals surface area contributed by atoms with Crippen LogP contribution in [0.2, 0.25) is 0 Å². The lowest BCUT2D eigenvalue weighted by Crippen LogP contribution is -2.50. The number of benzene rings is 4. The molecule has 28 heteroatoms. The molecule has 0 aliphatic carbocycles. The molecule has 12 heterocycles. The number of rotatable bonds is 16. The summed E-state index contributed by atoms with van der Waals surface area (Å²) in [5.74, 6) is 0.174. The Morgan fingerprint density at radius 2 is 0.802 bits per heavy atom. The highest BCUT2D eigenvalue weighted by atomic mass is 19.1. The Labute approximate surface area is 734 Å². The molecule has 27 nitrogen and oxygen atoms in total. The van der Waals surface area contributed by atoms with Gasteiger partial charge < -0.3 is 72.7 Å². The molecule has 4 aromatic carbocycles. The fraction of sp³-hybridized carbons (Fsp3) is 0.388. The van der Waals surface area contributed by atoms with Crippen LogP contribution in [0.1, 0.15) is 156 Å². The highest BCUT2D eigenvalue weighted by Crippen LogP contribution is 2.38. The Hall–Kier alpha value is -13.0. The predicted molar refractivity (Wildman–Crippen MR) is 484 cm³/mol. The van der Waals surface area contributed by atoms with Gasteiger partial charge in [0.05, 0.1) is 84.1 Å². The summed E-state index contributed by atoms with van der Waals surface area (Å²) in [4.78, 5) is 123. The van der Waals surface area contributed by atoms with Crippen molar-refractivity contribution in [2.24, 2.45) is 11.8 Å². The molecule has 126 heavy (non-hydrogen) atoms. The van der Waals surface area contributed by atoms with E-state index in [1.807, 2.05) is 124 Å². The number of amides is 8. The standard InChI is InChI=1S/C25H30N4O3.C25H30N4O2.C24H27FN4O3.C24H28N4O3/c1-15-8-9-28-22(12-20-13-29(18(4)30)17(3)14-32-20)24(27-23(28)10-15)21-7-6-19(11-16(21)2)25(31)26-5;1-15-8-9-28-22(13-19-12-17(3)29(14-19)18(4)30)24(27-23(28)10-15)21-7-6-20(11-16(21)2)25(31)26-5;1-14-9-17(24(31)26-4)5-6-19(14)23-21(11-18-12-28(16(3)30)7-8-32-18)29-13-20(25)15(2)10-22(29)27-23;1-15-7-10-28-20(13-17-8-9-27(14-17)24(30)31-4)22(26-21(28)11-15)19-6-5-18(12-16(19)2)23(29)25-3/h6-11,17,20H,12-14H2,1-5H3,(H,26,31);6-11,17,19H,12-14H2,1-5H3,(H,26,31);5-6,9-10,13,18H,7-8,11-12H2,1-4H3,(H,26,31);5-7,10-12,17H,8-9,13-14H2,1-4H3,(H,25,29)/t17-,20+;;18-;/m1.0./s1. The number of pyridine rings is 4. The molecule has 6 atom stereocenters. The van der Waals surface area contributed by atoms with Crippen LogP contribution in [-0.2, 0) is 54.3 Å². The number of hydrogen-bond acceptors (Lipinski definition) is 15. The Bertz CT molecular complexity index is 6180. The third-order valence-corrected chi connectivity index (χ3v) is 24.6. The van der Waals surface area contributed by atoms with E-state index in [4.69, 9.17) is 34.1 Å². The summed E-state index contributed by atoms with van der Waals surface area (Å²) >= 11 is 0. The second kappa shape index (κ2) is 39.1. The molecule has 4 fully saturated rings. The van der Waals surface area contributed by atoms with Gasteiger partial charge in [-0.05, 0) is 242 Å². The lowest BCUT2D eigenvalue weighted by molar-refractivity contribution is -0.141. The van der Waals surface area contributed by atoms with Crippen LogP contribution in [0.5, 0.6) is 0 Å². The van der Waals surface area contributed by atoms with Gasteiger partial charge in [0.25, 0.3) is 23.6 Å². The highest BCUT2D eigenvalue weighted by molar-refractivity contribution is 5.97. The first-order chi connectivity index (χ1) is 60.2. The maximum Gasteiger partial charge on any atom is 0.409 e.